The van der Waals surface area contributed by atoms with Gasteiger partial charge in [-0.2, -0.15) is 5.10 Å². The van der Waals surface area contributed by atoms with Crippen LogP contribution < -0.4 is 5.32 Å². The number of aliphatic imine (C=N–C) groups is 1. The SMILES string of the molecule is CN=C(NCC(C)Cn1nc(C)cc1C)N1CCC(OCCCOC)CC1. The largest absolute Gasteiger partial charge is 0.385 e. The smallest absolute Gasteiger partial charge is 0.193 e. The number of nitrogens with zero attached hydrogens (tertiary/aromatic N) is 4. The number of rotatable bonds is 9. The zero-order chi connectivity index (χ0) is 19.6. The fourth-order valence-corrected chi connectivity index (χ4v) is 3.50. The number of methoxy groups -OCH3 is 1. The van der Waals surface area contributed by atoms with Crippen LogP contribution in [0.4, 0.5) is 0 Å². The lowest BCUT2D eigenvalue weighted by Crippen LogP contribution is -2.48. The van der Waals surface area contributed by atoms with Gasteiger partial charge in [-0.05, 0) is 45.1 Å². The van der Waals surface area contributed by atoms with Gasteiger partial charge in [0.2, 0.25) is 0 Å². The van der Waals surface area contributed by atoms with Gasteiger partial charge < -0.3 is 19.7 Å². The van der Waals surface area contributed by atoms with Gasteiger partial charge in [0, 0.05) is 59.2 Å². The molecule has 0 spiro atoms. The third-order valence-electron chi connectivity index (χ3n) is 5.00. The highest BCUT2D eigenvalue weighted by Crippen LogP contribution is 2.14. The van der Waals surface area contributed by atoms with Crippen LogP contribution in [0.15, 0.2) is 11.1 Å². The van der Waals surface area contributed by atoms with Crippen LogP contribution in [-0.2, 0) is 16.0 Å². The van der Waals surface area contributed by atoms with Crippen molar-refractivity contribution < 1.29 is 9.47 Å². The molecule has 1 aliphatic rings. The highest BCUT2D eigenvalue weighted by atomic mass is 16.5. The van der Waals surface area contributed by atoms with Gasteiger partial charge in [0.15, 0.2) is 5.96 Å². The first-order chi connectivity index (χ1) is 13.0. The van der Waals surface area contributed by atoms with Crippen LogP contribution in [0.25, 0.3) is 0 Å². The van der Waals surface area contributed by atoms with E-state index in [0.29, 0.717) is 12.0 Å². The summed E-state index contributed by atoms with van der Waals surface area (Å²) in [5.74, 6) is 1.47. The second-order valence-electron chi connectivity index (χ2n) is 7.55. The number of hydrogen-bond donors (Lipinski definition) is 1. The highest BCUT2D eigenvalue weighted by Gasteiger charge is 2.22. The van der Waals surface area contributed by atoms with Crippen molar-refractivity contribution in [2.75, 3.05) is 47.0 Å². The van der Waals surface area contributed by atoms with Crippen molar-refractivity contribution in [2.45, 2.75) is 52.7 Å². The summed E-state index contributed by atoms with van der Waals surface area (Å²) in [6, 6.07) is 2.13. The van der Waals surface area contributed by atoms with Gasteiger partial charge in [-0.1, -0.05) is 6.92 Å². The molecule has 0 saturated carbocycles. The number of nitrogens with one attached hydrogen (secondary N) is 1. The molecule has 0 bridgehead atoms. The van der Waals surface area contributed by atoms with Crippen LogP contribution >= 0.6 is 0 Å². The minimum absolute atomic E-state index is 0.362. The predicted molar refractivity (Wildman–Crippen MR) is 109 cm³/mol. The topological polar surface area (TPSA) is 63.9 Å². The quantitative estimate of drug-likeness (QED) is 0.405. The molecule has 154 valence electrons. The summed E-state index contributed by atoms with van der Waals surface area (Å²) < 4.78 is 13.1. The van der Waals surface area contributed by atoms with Crippen LogP contribution in [0, 0.1) is 19.8 Å². The normalized spacial score (nSPS) is 17.4. The molecule has 1 aliphatic heterocycles. The van der Waals surface area contributed by atoms with Gasteiger partial charge in [-0.25, -0.2) is 0 Å². The molecule has 7 nitrogen and oxygen atoms in total. The number of aromatic nitrogens is 2. The number of piperidine rings is 1. The first-order valence-corrected chi connectivity index (χ1v) is 10.1. The number of guanidine groups is 1. The van der Waals surface area contributed by atoms with Gasteiger partial charge in [-0.3, -0.25) is 9.67 Å². The fraction of sp³-hybridized carbons (Fsp3) is 0.800. The molecule has 7 heteroatoms. The molecule has 1 N–H and O–H groups in total. The van der Waals surface area contributed by atoms with Crippen molar-refractivity contribution in [3.63, 3.8) is 0 Å². The summed E-state index contributed by atoms with van der Waals surface area (Å²) in [5.41, 5.74) is 2.30. The van der Waals surface area contributed by atoms with E-state index >= 15 is 0 Å². The number of aryl methyl sites for hydroxylation is 2. The number of ether oxygens (including phenoxy) is 2. The Morgan fingerprint density at radius 1 is 1.33 bits per heavy atom. The van der Waals surface area contributed by atoms with Crippen LogP contribution in [0.5, 0.6) is 0 Å². The molecule has 0 amide bonds. The lowest BCUT2D eigenvalue weighted by atomic mass is 10.1. The molecule has 0 aliphatic carbocycles. The van der Waals surface area contributed by atoms with E-state index < -0.39 is 0 Å². The highest BCUT2D eigenvalue weighted by molar-refractivity contribution is 5.79. The zero-order valence-electron chi connectivity index (χ0n) is 17.7. The maximum atomic E-state index is 5.95. The van der Waals surface area contributed by atoms with Crippen molar-refractivity contribution in [3.8, 4) is 0 Å². The minimum Gasteiger partial charge on any atom is -0.385 e. The Hall–Kier alpha value is -1.60. The standard InChI is InChI=1S/C20H37N5O2/c1-16(15-25-18(3)13-17(2)23-25)14-22-20(21-4)24-9-7-19(8-10-24)27-12-6-11-26-5/h13,16,19H,6-12,14-15H2,1-5H3,(H,21,22). The van der Waals surface area contributed by atoms with E-state index in [4.69, 9.17) is 9.47 Å². The van der Waals surface area contributed by atoms with E-state index in [1.807, 2.05) is 14.0 Å². The molecule has 2 heterocycles. The lowest BCUT2D eigenvalue weighted by molar-refractivity contribution is 0.00988. The third kappa shape index (κ3) is 7.14. The van der Waals surface area contributed by atoms with Crippen molar-refractivity contribution in [3.05, 3.63) is 17.5 Å². The van der Waals surface area contributed by atoms with E-state index in [-0.39, 0.29) is 0 Å². The van der Waals surface area contributed by atoms with Crippen molar-refractivity contribution >= 4 is 5.96 Å². The fourth-order valence-electron chi connectivity index (χ4n) is 3.50. The van der Waals surface area contributed by atoms with Crippen molar-refractivity contribution in [2.24, 2.45) is 10.9 Å². The van der Waals surface area contributed by atoms with E-state index in [2.05, 4.69) is 44.9 Å². The molecule has 1 aromatic heterocycles. The summed E-state index contributed by atoms with van der Waals surface area (Å²) in [6.45, 7) is 11.7. The molecule has 1 fully saturated rings. The first kappa shape index (κ1) is 21.7. The summed E-state index contributed by atoms with van der Waals surface area (Å²) in [7, 11) is 3.59. The lowest BCUT2D eigenvalue weighted by Gasteiger charge is -2.34. The maximum absolute atomic E-state index is 5.95. The molecular weight excluding hydrogens is 342 g/mol. The number of likely N-dealkylation sites (tertiary alicyclic amines) is 1. The summed E-state index contributed by atoms with van der Waals surface area (Å²) in [5, 5.41) is 8.10. The molecule has 1 atom stereocenters. The van der Waals surface area contributed by atoms with Gasteiger partial charge >= 0.3 is 0 Å². The van der Waals surface area contributed by atoms with E-state index in [1.54, 1.807) is 7.11 Å². The molecular formula is C20H37N5O2. The van der Waals surface area contributed by atoms with Crippen LogP contribution in [0.3, 0.4) is 0 Å². The molecule has 1 aromatic rings. The second kappa shape index (κ2) is 11.3. The van der Waals surface area contributed by atoms with Gasteiger partial charge in [0.25, 0.3) is 0 Å². The minimum atomic E-state index is 0.362. The van der Waals surface area contributed by atoms with Crippen LogP contribution in [0.1, 0.15) is 37.6 Å². The third-order valence-corrected chi connectivity index (χ3v) is 5.00. The second-order valence-corrected chi connectivity index (χ2v) is 7.55. The molecule has 0 aromatic carbocycles. The number of hydrogen-bond acceptors (Lipinski definition) is 4. The van der Waals surface area contributed by atoms with Crippen LogP contribution in [-0.4, -0.2) is 73.7 Å². The molecule has 0 radical (unpaired) electrons. The Morgan fingerprint density at radius 3 is 2.67 bits per heavy atom. The van der Waals surface area contributed by atoms with Gasteiger partial charge in [0.05, 0.1) is 11.8 Å². The maximum Gasteiger partial charge on any atom is 0.193 e. The molecule has 1 saturated heterocycles. The summed E-state index contributed by atoms with van der Waals surface area (Å²) in [4.78, 5) is 6.81. The Kier molecular flexibility index (Phi) is 9.07. The Morgan fingerprint density at radius 2 is 2.07 bits per heavy atom. The Labute approximate surface area is 164 Å². The zero-order valence-corrected chi connectivity index (χ0v) is 17.7. The summed E-state index contributed by atoms with van der Waals surface area (Å²) >= 11 is 0. The van der Waals surface area contributed by atoms with E-state index in [1.165, 1.54) is 5.69 Å². The monoisotopic (exact) mass is 379 g/mol. The molecule has 2 rings (SSSR count). The average molecular weight is 380 g/mol. The van der Waals surface area contributed by atoms with Crippen LogP contribution in [0.2, 0.25) is 0 Å². The summed E-state index contributed by atoms with van der Waals surface area (Å²) in [6.07, 6.45) is 3.43. The van der Waals surface area contributed by atoms with Crippen molar-refractivity contribution in [1.82, 2.24) is 20.0 Å². The van der Waals surface area contributed by atoms with Gasteiger partial charge in [0.1, 0.15) is 0 Å². The first-order valence-electron chi connectivity index (χ1n) is 10.1. The van der Waals surface area contributed by atoms with E-state index in [0.717, 1.165) is 70.3 Å². The predicted octanol–water partition coefficient (Wildman–Crippen LogP) is 2.23. The Balaban J connectivity index is 1.70. The molecule has 27 heavy (non-hydrogen) atoms. The Bertz CT molecular complexity index is 579. The van der Waals surface area contributed by atoms with Gasteiger partial charge in [-0.15, -0.1) is 0 Å². The average Bonchev–Trinajstić information content (AvgIpc) is 2.97. The molecule has 1 unspecified atom stereocenters. The van der Waals surface area contributed by atoms with Crippen molar-refractivity contribution in [1.29, 1.82) is 0 Å². The van der Waals surface area contributed by atoms with E-state index in [9.17, 15) is 0 Å².